The van der Waals surface area contributed by atoms with Gasteiger partial charge < -0.3 is 10.4 Å². The van der Waals surface area contributed by atoms with E-state index in [1.165, 1.54) is 6.92 Å². The van der Waals surface area contributed by atoms with Gasteiger partial charge in [-0.25, -0.2) is 0 Å². The molecule has 0 radical (unpaired) electrons. The van der Waals surface area contributed by atoms with Crippen LogP contribution in [-0.2, 0) is 9.59 Å². The fraction of sp³-hybridized carbons (Fsp3) is 0.846. The number of carbonyl (C=O) groups excluding carboxylic acids is 1. The Morgan fingerprint density at radius 1 is 1.12 bits per heavy atom. The van der Waals surface area contributed by atoms with E-state index >= 15 is 0 Å². The van der Waals surface area contributed by atoms with Crippen LogP contribution in [-0.4, -0.2) is 23.0 Å². The van der Waals surface area contributed by atoms with E-state index in [1.807, 2.05) is 0 Å². The largest absolute Gasteiger partial charge is 0.480 e. The number of hydrogen-bond donors (Lipinski definition) is 2. The summed E-state index contributed by atoms with van der Waals surface area (Å²) in [6.07, 6.45) is 3.94. The molecular weight excluding hydrogens is 218 g/mol. The highest BCUT2D eigenvalue weighted by molar-refractivity contribution is 5.84. The second-order valence-corrected chi connectivity index (χ2v) is 5.42. The molecule has 0 aliphatic heterocycles. The Balaban J connectivity index is 2.38. The van der Waals surface area contributed by atoms with Gasteiger partial charge in [0.15, 0.2) is 0 Å². The Morgan fingerprint density at radius 3 is 2.06 bits per heavy atom. The van der Waals surface area contributed by atoms with Crippen LogP contribution >= 0.6 is 0 Å². The highest BCUT2D eigenvalue weighted by atomic mass is 16.4. The van der Waals surface area contributed by atoms with Gasteiger partial charge in [-0.1, -0.05) is 13.8 Å². The Bertz CT molecular complexity index is 280. The number of carboxylic acid groups (broad SMARTS) is 1. The highest BCUT2D eigenvalue weighted by Gasteiger charge is 2.28. The summed E-state index contributed by atoms with van der Waals surface area (Å²) in [4.78, 5) is 22.5. The van der Waals surface area contributed by atoms with E-state index in [-0.39, 0.29) is 11.8 Å². The zero-order valence-corrected chi connectivity index (χ0v) is 10.9. The van der Waals surface area contributed by atoms with E-state index in [0.29, 0.717) is 5.92 Å². The van der Waals surface area contributed by atoms with Gasteiger partial charge in [0.25, 0.3) is 0 Å². The zero-order valence-electron chi connectivity index (χ0n) is 10.9. The van der Waals surface area contributed by atoms with Crippen LogP contribution in [0.1, 0.15) is 46.5 Å². The predicted molar refractivity (Wildman–Crippen MR) is 65.5 cm³/mol. The van der Waals surface area contributed by atoms with Crippen molar-refractivity contribution in [1.82, 2.24) is 5.32 Å². The smallest absolute Gasteiger partial charge is 0.325 e. The lowest BCUT2D eigenvalue weighted by molar-refractivity contribution is -0.142. The van der Waals surface area contributed by atoms with E-state index in [9.17, 15) is 9.59 Å². The highest BCUT2D eigenvalue weighted by Crippen LogP contribution is 2.33. The van der Waals surface area contributed by atoms with Crippen molar-refractivity contribution in [1.29, 1.82) is 0 Å². The second-order valence-electron chi connectivity index (χ2n) is 5.42. The van der Waals surface area contributed by atoms with E-state index in [0.717, 1.165) is 31.6 Å². The first-order valence-corrected chi connectivity index (χ1v) is 6.45. The zero-order chi connectivity index (χ0) is 13.0. The molecule has 1 aliphatic carbocycles. The van der Waals surface area contributed by atoms with Crippen molar-refractivity contribution in [3.05, 3.63) is 0 Å². The van der Waals surface area contributed by atoms with Crippen LogP contribution in [0.2, 0.25) is 0 Å². The Labute approximate surface area is 103 Å². The lowest BCUT2D eigenvalue weighted by Crippen LogP contribution is -2.42. The molecular formula is C13H23NO3. The van der Waals surface area contributed by atoms with Gasteiger partial charge in [0.1, 0.15) is 6.04 Å². The maximum atomic E-state index is 11.8. The molecule has 2 N–H and O–H groups in total. The van der Waals surface area contributed by atoms with Gasteiger partial charge in [0, 0.05) is 5.92 Å². The summed E-state index contributed by atoms with van der Waals surface area (Å²) in [6, 6.07) is -0.787. The molecule has 0 heterocycles. The number of carboxylic acids is 1. The molecule has 1 amide bonds. The van der Waals surface area contributed by atoms with Crippen LogP contribution in [0.5, 0.6) is 0 Å². The van der Waals surface area contributed by atoms with Crippen molar-refractivity contribution >= 4 is 11.9 Å². The first kappa shape index (κ1) is 14.0. The maximum absolute atomic E-state index is 11.8. The normalized spacial score (nSPS) is 26.6. The second kappa shape index (κ2) is 6.03. The standard InChI is InChI=1S/C13H23NO3/c1-8(2)10-4-6-11(7-5-10)12(15)14-9(3)13(16)17/h8-11H,4-7H2,1-3H3,(H,14,15)(H,16,17). The van der Waals surface area contributed by atoms with Crippen LogP contribution in [0.15, 0.2) is 0 Å². The Kier molecular flexibility index (Phi) is 4.97. The lowest BCUT2D eigenvalue weighted by Gasteiger charge is -2.30. The number of carbonyl (C=O) groups is 2. The molecule has 1 atom stereocenters. The summed E-state index contributed by atoms with van der Waals surface area (Å²) in [5, 5.41) is 11.3. The minimum Gasteiger partial charge on any atom is -0.480 e. The summed E-state index contributed by atoms with van der Waals surface area (Å²) in [5.74, 6) is 0.330. The first-order valence-electron chi connectivity index (χ1n) is 6.45. The molecule has 4 nitrogen and oxygen atoms in total. The van der Waals surface area contributed by atoms with E-state index in [2.05, 4.69) is 19.2 Å². The third kappa shape index (κ3) is 4.02. The summed E-state index contributed by atoms with van der Waals surface area (Å²) in [6.45, 7) is 5.94. The maximum Gasteiger partial charge on any atom is 0.325 e. The van der Waals surface area contributed by atoms with Gasteiger partial charge in [-0.15, -0.1) is 0 Å². The average Bonchev–Trinajstić information content (AvgIpc) is 2.28. The molecule has 0 bridgehead atoms. The number of aliphatic carboxylic acids is 1. The molecule has 1 unspecified atom stereocenters. The van der Waals surface area contributed by atoms with E-state index in [4.69, 9.17) is 5.11 Å². The summed E-state index contributed by atoms with van der Waals surface area (Å²) < 4.78 is 0. The van der Waals surface area contributed by atoms with Crippen LogP contribution in [0.3, 0.4) is 0 Å². The molecule has 1 saturated carbocycles. The number of amides is 1. The topological polar surface area (TPSA) is 66.4 Å². The molecule has 1 fully saturated rings. The molecule has 1 rings (SSSR count). The van der Waals surface area contributed by atoms with E-state index in [1.54, 1.807) is 0 Å². The number of nitrogens with one attached hydrogen (secondary N) is 1. The average molecular weight is 241 g/mol. The van der Waals surface area contributed by atoms with Gasteiger partial charge in [-0.3, -0.25) is 9.59 Å². The van der Waals surface area contributed by atoms with Crippen LogP contribution in [0.25, 0.3) is 0 Å². The molecule has 4 heteroatoms. The minimum atomic E-state index is -0.978. The van der Waals surface area contributed by atoms with Gasteiger partial charge in [-0.2, -0.15) is 0 Å². The molecule has 0 saturated heterocycles. The SMILES string of the molecule is CC(NC(=O)C1CCC(C(C)C)CC1)C(=O)O. The summed E-state index contributed by atoms with van der Waals surface area (Å²) in [7, 11) is 0. The van der Waals surface area contributed by atoms with Gasteiger partial charge in [0.2, 0.25) is 5.91 Å². The third-order valence-electron chi connectivity index (χ3n) is 3.81. The van der Waals surface area contributed by atoms with Crippen molar-refractivity contribution < 1.29 is 14.7 Å². The molecule has 1 aliphatic rings. The first-order chi connectivity index (χ1) is 7.91. The third-order valence-corrected chi connectivity index (χ3v) is 3.81. The van der Waals surface area contributed by atoms with Crippen molar-refractivity contribution in [2.45, 2.75) is 52.5 Å². The molecule has 98 valence electrons. The Hall–Kier alpha value is -1.06. The Morgan fingerprint density at radius 2 is 1.65 bits per heavy atom. The fourth-order valence-electron chi connectivity index (χ4n) is 2.44. The minimum absolute atomic E-state index is 0.00630. The van der Waals surface area contributed by atoms with Crippen LogP contribution < -0.4 is 5.32 Å². The van der Waals surface area contributed by atoms with Crippen molar-refractivity contribution in [3.8, 4) is 0 Å². The predicted octanol–water partition coefficient (Wildman–Crippen LogP) is 2.04. The molecule has 0 spiro atoms. The molecule has 17 heavy (non-hydrogen) atoms. The van der Waals surface area contributed by atoms with Crippen LogP contribution in [0.4, 0.5) is 0 Å². The van der Waals surface area contributed by atoms with Crippen molar-refractivity contribution in [2.24, 2.45) is 17.8 Å². The quantitative estimate of drug-likeness (QED) is 0.791. The summed E-state index contributed by atoms with van der Waals surface area (Å²) >= 11 is 0. The fourth-order valence-corrected chi connectivity index (χ4v) is 2.44. The molecule has 0 aromatic heterocycles. The van der Waals surface area contributed by atoms with Gasteiger partial charge >= 0.3 is 5.97 Å². The van der Waals surface area contributed by atoms with Crippen molar-refractivity contribution in [2.75, 3.05) is 0 Å². The number of rotatable bonds is 4. The lowest BCUT2D eigenvalue weighted by atomic mass is 9.76. The number of hydrogen-bond acceptors (Lipinski definition) is 2. The summed E-state index contributed by atoms with van der Waals surface area (Å²) in [5.41, 5.74) is 0. The molecule has 0 aromatic rings. The molecule has 0 aromatic carbocycles. The monoisotopic (exact) mass is 241 g/mol. The van der Waals surface area contributed by atoms with Gasteiger partial charge in [-0.05, 0) is 44.4 Å². The van der Waals surface area contributed by atoms with E-state index < -0.39 is 12.0 Å². The van der Waals surface area contributed by atoms with Crippen molar-refractivity contribution in [3.63, 3.8) is 0 Å². The van der Waals surface area contributed by atoms with Crippen LogP contribution in [0, 0.1) is 17.8 Å². The van der Waals surface area contributed by atoms with Gasteiger partial charge in [0.05, 0.1) is 0 Å².